The number of aromatic nitrogens is 2. The van der Waals surface area contributed by atoms with Crippen LogP contribution in [0.25, 0.3) is 16.2 Å². The lowest BCUT2D eigenvalue weighted by Crippen LogP contribution is -2.33. The second-order valence-electron chi connectivity index (χ2n) is 7.95. The molecule has 0 aliphatic heterocycles. The smallest absolute Gasteiger partial charge is 0.257 e. The number of thiazole rings is 1. The van der Waals surface area contributed by atoms with Gasteiger partial charge in [0.2, 0.25) is 0 Å². The van der Waals surface area contributed by atoms with E-state index in [0.29, 0.717) is 19.5 Å². The fourth-order valence-electron chi connectivity index (χ4n) is 3.88. The number of hydrogen-bond donors (Lipinski definition) is 0. The van der Waals surface area contributed by atoms with Gasteiger partial charge in [0.1, 0.15) is 11.6 Å². The summed E-state index contributed by atoms with van der Waals surface area (Å²) in [4.78, 5) is 20.4. The van der Waals surface area contributed by atoms with Crippen LogP contribution in [0.2, 0.25) is 0 Å². The van der Waals surface area contributed by atoms with Crippen molar-refractivity contribution in [3.8, 4) is 11.3 Å². The molecule has 0 aliphatic carbocycles. The molecule has 5 rings (SSSR count). The quantitative estimate of drug-likeness (QED) is 0.281. The van der Waals surface area contributed by atoms with Crippen molar-refractivity contribution in [2.75, 3.05) is 6.54 Å². The Morgan fingerprint density at radius 3 is 2.44 bits per heavy atom. The van der Waals surface area contributed by atoms with E-state index in [1.165, 1.54) is 35.6 Å². The largest absolute Gasteiger partial charge is 0.334 e. The van der Waals surface area contributed by atoms with E-state index < -0.39 is 5.82 Å². The molecule has 2 aromatic heterocycles. The maximum absolute atomic E-state index is 14.4. The fourth-order valence-corrected chi connectivity index (χ4v) is 4.79. The molecule has 0 N–H and O–H groups in total. The van der Waals surface area contributed by atoms with Crippen molar-refractivity contribution in [2.24, 2.45) is 0 Å². The van der Waals surface area contributed by atoms with E-state index in [1.54, 1.807) is 29.2 Å². The summed E-state index contributed by atoms with van der Waals surface area (Å²) in [6.07, 6.45) is 2.50. The Hall–Kier alpha value is -3.84. The number of amides is 1. The van der Waals surface area contributed by atoms with Gasteiger partial charge in [-0.3, -0.25) is 9.20 Å². The Balaban J connectivity index is 1.39. The van der Waals surface area contributed by atoms with Crippen LogP contribution in [0, 0.1) is 11.6 Å². The number of hydrogen-bond acceptors (Lipinski definition) is 3. The highest BCUT2D eigenvalue weighted by atomic mass is 32.1. The maximum atomic E-state index is 14.4. The minimum absolute atomic E-state index is 0.0649. The summed E-state index contributed by atoms with van der Waals surface area (Å²) in [5.74, 6) is -1.16. The average Bonchev–Trinajstić information content (AvgIpc) is 3.44. The molecule has 170 valence electrons. The molecule has 0 saturated heterocycles. The van der Waals surface area contributed by atoms with Crippen molar-refractivity contribution in [3.63, 3.8) is 0 Å². The number of carbonyl (C=O) groups is 1. The first-order valence-electron chi connectivity index (χ1n) is 10.9. The van der Waals surface area contributed by atoms with Gasteiger partial charge in [0.05, 0.1) is 11.3 Å². The van der Waals surface area contributed by atoms with Gasteiger partial charge in [-0.2, -0.15) is 0 Å². The zero-order chi connectivity index (χ0) is 23.5. The predicted octanol–water partition coefficient (Wildman–Crippen LogP) is 6.23. The second kappa shape index (κ2) is 9.57. The molecule has 0 unspecified atom stereocenters. The zero-order valence-electron chi connectivity index (χ0n) is 18.2. The van der Waals surface area contributed by atoms with Crippen LogP contribution in [0.15, 0.2) is 90.4 Å². The highest BCUT2D eigenvalue weighted by Crippen LogP contribution is 2.24. The average molecular weight is 474 g/mol. The third-order valence-corrected chi connectivity index (χ3v) is 6.56. The van der Waals surface area contributed by atoms with Crippen molar-refractivity contribution >= 4 is 22.2 Å². The molecular formula is C27H21F2N3OS. The Labute approximate surface area is 199 Å². The lowest BCUT2D eigenvalue weighted by atomic mass is 10.1. The molecule has 0 fully saturated rings. The molecule has 4 nitrogen and oxygen atoms in total. The molecule has 0 saturated carbocycles. The summed E-state index contributed by atoms with van der Waals surface area (Å²) in [6.45, 7) is 0.796. The lowest BCUT2D eigenvalue weighted by Gasteiger charge is -2.23. The molecule has 0 aliphatic rings. The summed E-state index contributed by atoms with van der Waals surface area (Å²) >= 11 is 1.51. The molecule has 0 radical (unpaired) electrons. The first kappa shape index (κ1) is 22.0. The molecule has 1 amide bonds. The highest BCUT2D eigenvalue weighted by Gasteiger charge is 2.20. The van der Waals surface area contributed by atoms with Crippen LogP contribution in [0.4, 0.5) is 8.78 Å². The molecule has 3 aromatic carbocycles. The van der Waals surface area contributed by atoms with Gasteiger partial charge >= 0.3 is 0 Å². The number of imidazole rings is 1. The minimum atomic E-state index is -0.526. The van der Waals surface area contributed by atoms with Crippen molar-refractivity contribution < 1.29 is 13.6 Å². The fraction of sp³-hybridized carbons (Fsp3) is 0.111. The molecule has 0 atom stereocenters. The molecule has 2 heterocycles. The number of benzene rings is 3. The van der Waals surface area contributed by atoms with Gasteiger partial charge in [-0.1, -0.05) is 42.5 Å². The number of rotatable bonds is 7. The number of halogens is 2. The summed E-state index contributed by atoms with van der Waals surface area (Å²) in [6, 6.07) is 22.0. The molecular weight excluding hydrogens is 452 g/mol. The Morgan fingerprint density at radius 1 is 0.941 bits per heavy atom. The van der Waals surface area contributed by atoms with Gasteiger partial charge in [-0.25, -0.2) is 13.8 Å². The van der Waals surface area contributed by atoms with Crippen LogP contribution >= 0.6 is 11.3 Å². The standard InChI is InChI=1S/C27H21F2N3OS/c28-21-12-10-20(11-13-21)25-17-32-22(18-34-27(32)30-25)14-15-31(16-19-6-2-1-3-7-19)26(33)23-8-4-5-9-24(23)29/h1-13,17-18H,14-16H2. The first-order valence-corrected chi connectivity index (χ1v) is 11.8. The minimum Gasteiger partial charge on any atom is -0.334 e. The highest BCUT2D eigenvalue weighted by molar-refractivity contribution is 7.15. The van der Waals surface area contributed by atoms with Crippen molar-refractivity contribution in [2.45, 2.75) is 13.0 Å². The summed E-state index contributed by atoms with van der Waals surface area (Å²) in [7, 11) is 0. The summed E-state index contributed by atoms with van der Waals surface area (Å²) in [5, 5.41) is 2.02. The second-order valence-corrected chi connectivity index (χ2v) is 8.79. The van der Waals surface area contributed by atoms with E-state index in [0.717, 1.165) is 27.5 Å². The van der Waals surface area contributed by atoms with E-state index in [1.807, 2.05) is 46.3 Å². The van der Waals surface area contributed by atoms with E-state index in [2.05, 4.69) is 4.98 Å². The van der Waals surface area contributed by atoms with Gasteiger partial charge in [0.25, 0.3) is 5.91 Å². The molecule has 0 bridgehead atoms. The van der Waals surface area contributed by atoms with Crippen LogP contribution in [-0.4, -0.2) is 26.7 Å². The van der Waals surface area contributed by atoms with Crippen molar-refractivity contribution in [1.29, 1.82) is 0 Å². The van der Waals surface area contributed by atoms with Gasteiger partial charge < -0.3 is 4.90 Å². The summed E-state index contributed by atoms with van der Waals surface area (Å²) < 4.78 is 29.6. The Morgan fingerprint density at radius 2 is 1.68 bits per heavy atom. The number of fused-ring (bicyclic) bond motifs is 1. The number of nitrogens with zero attached hydrogens (tertiary/aromatic N) is 3. The third kappa shape index (κ3) is 4.61. The maximum Gasteiger partial charge on any atom is 0.257 e. The molecule has 5 aromatic rings. The van der Waals surface area contributed by atoms with E-state index in [-0.39, 0.29) is 17.3 Å². The summed E-state index contributed by atoms with van der Waals surface area (Å²) in [5.41, 5.74) is 3.64. The first-order chi connectivity index (χ1) is 16.6. The molecule has 7 heteroatoms. The van der Waals surface area contributed by atoms with Gasteiger partial charge in [0.15, 0.2) is 4.96 Å². The van der Waals surface area contributed by atoms with Gasteiger partial charge in [-0.05, 0) is 42.0 Å². The Kier molecular flexibility index (Phi) is 6.18. The van der Waals surface area contributed by atoms with Crippen LogP contribution in [0.1, 0.15) is 21.6 Å². The Bertz CT molecular complexity index is 1430. The third-order valence-electron chi connectivity index (χ3n) is 5.67. The van der Waals surface area contributed by atoms with Crippen LogP contribution in [0.3, 0.4) is 0 Å². The normalized spacial score (nSPS) is 11.1. The number of carbonyl (C=O) groups excluding carboxylic acids is 1. The van der Waals surface area contributed by atoms with Crippen molar-refractivity contribution in [3.05, 3.63) is 119 Å². The van der Waals surface area contributed by atoms with Crippen LogP contribution in [0.5, 0.6) is 0 Å². The van der Waals surface area contributed by atoms with E-state index in [9.17, 15) is 13.6 Å². The van der Waals surface area contributed by atoms with E-state index in [4.69, 9.17) is 0 Å². The van der Waals surface area contributed by atoms with Crippen LogP contribution < -0.4 is 0 Å². The SMILES string of the molecule is O=C(c1ccccc1F)N(CCc1csc2nc(-c3ccc(F)cc3)cn12)Cc1ccccc1. The topological polar surface area (TPSA) is 37.6 Å². The lowest BCUT2D eigenvalue weighted by molar-refractivity contribution is 0.0740. The predicted molar refractivity (Wildman–Crippen MR) is 130 cm³/mol. The molecule has 34 heavy (non-hydrogen) atoms. The van der Waals surface area contributed by atoms with E-state index >= 15 is 0 Å². The van der Waals surface area contributed by atoms with Crippen LogP contribution in [-0.2, 0) is 13.0 Å². The van der Waals surface area contributed by atoms with Gasteiger partial charge in [-0.15, -0.1) is 11.3 Å². The van der Waals surface area contributed by atoms with Crippen molar-refractivity contribution in [1.82, 2.24) is 14.3 Å². The monoisotopic (exact) mass is 473 g/mol. The zero-order valence-corrected chi connectivity index (χ0v) is 19.0. The van der Waals surface area contributed by atoms with Gasteiger partial charge in [0, 0.05) is 42.3 Å². The molecule has 0 spiro atoms.